The molecule has 0 saturated carbocycles. The molecule has 20 heavy (non-hydrogen) atoms. The van der Waals surface area contributed by atoms with Gasteiger partial charge in [0.2, 0.25) is 0 Å². The van der Waals surface area contributed by atoms with Crippen LogP contribution in [0.3, 0.4) is 0 Å². The number of nitrogens with one attached hydrogen (secondary N) is 1. The first-order valence-corrected chi connectivity index (χ1v) is 7.08. The monoisotopic (exact) mass is 286 g/mol. The lowest BCUT2D eigenvalue weighted by atomic mass is 10.3. The molecule has 3 aromatic rings. The van der Waals surface area contributed by atoms with Gasteiger partial charge in [0.15, 0.2) is 5.13 Å². The number of ether oxygens (including phenoxy) is 1. The summed E-state index contributed by atoms with van der Waals surface area (Å²) in [7, 11) is 0. The summed E-state index contributed by atoms with van der Waals surface area (Å²) in [4.78, 5) is 8.71. The molecule has 0 saturated heterocycles. The Morgan fingerprint density at radius 3 is 2.95 bits per heavy atom. The van der Waals surface area contributed by atoms with Crippen LogP contribution in [-0.2, 0) is 0 Å². The van der Waals surface area contributed by atoms with Gasteiger partial charge in [-0.3, -0.25) is 0 Å². The standard InChI is InChI=1S/C14H14N4OS/c1-2-19-10-4-5-11-12(7-10)20-14(17-11)18-13-6-3-9(15)8-16-13/h3-8H,2,15H2,1H3,(H,16,17,18). The molecule has 0 aliphatic rings. The molecular formula is C14H14N4OS. The first-order chi connectivity index (χ1) is 9.74. The van der Waals surface area contributed by atoms with Crippen LogP contribution >= 0.6 is 11.3 Å². The van der Waals surface area contributed by atoms with Crippen molar-refractivity contribution in [1.82, 2.24) is 9.97 Å². The van der Waals surface area contributed by atoms with Crippen LogP contribution in [0.2, 0.25) is 0 Å². The predicted octanol–water partition coefficient (Wildman–Crippen LogP) is 3.42. The van der Waals surface area contributed by atoms with Gasteiger partial charge in [-0.25, -0.2) is 9.97 Å². The summed E-state index contributed by atoms with van der Waals surface area (Å²) in [5.74, 6) is 1.59. The molecule has 0 amide bonds. The van der Waals surface area contributed by atoms with Gasteiger partial charge in [-0.15, -0.1) is 0 Å². The molecule has 0 aliphatic carbocycles. The minimum absolute atomic E-state index is 0.640. The van der Waals surface area contributed by atoms with Crippen LogP contribution in [0.25, 0.3) is 10.2 Å². The Morgan fingerprint density at radius 2 is 2.20 bits per heavy atom. The molecule has 2 heterocycles. The first kappa shape index (κ1) is 12.7. The molecule has 2 aromatic heterocycles. The van der Waals surface area contributed by atoms with Crippen LogP contribution < -0.4 is 15.8 Å². The molecule has 0 radical (unpaired) electrons. The molecule has 3 rings (SSSR count). The highest BCUT2D eigenvalue weighted by Gasteiger charge is 2.06. The maximum absolute atomic E-state index is 5.61. The van der Waals surface area contributed by atoms with Crippen LogP contribution in [0.1, 0.15) is 6.92 Å². The molecule has 3 N–H and O–H groups in total. The molecule has 0 spiro atoms. The van der Waals surface area contributed by atoms with Crippen molar-refractivity contribution in [3.05, 3.63) is 36.5 Å². The summed E-state index contributed by atoms with van der Waals surface area (Å²) in [6.07, 6.45) is 1.61. The second-order valence-corrected chi connectivity index (χ2v) is 5.21. The van der Waals surface area contributed by atoms with Gasteiger partial charge in [0.1, 0.15) is 11.6 Å². The Morgan fingerprint density at radius 1 is 1.30 bits per heavy atom. The fourth-order valence-corrected chi connectivity index (χ4v) is 2.70. The number of fused-ring (bicyclic) bond motifs is 1. The van der Waals surface area contributed by atoms with E-state index in [0.717, 1.165) is 26.9 Å². The number of nitrogens with two attached hydrogens (primary N) is 1. The van der Waals surface area contributed by atoms with E-state index < -0.39 is 0 Å². The molecule has 0 atom stereocenters. The fraction of sp³-hybridized carbons (Fsp3) is 0.143. The van der Waals surface area contributed by atoms with Gasteiger partial charge in [-0.05, 0) is 37.3 Å². The van der Waals surface area contributed by atoms with Crippen molar-refractivity contribution in [3.63, 3.8) is 0 Å². The van der Waals surface area contributed by atoms with E-state index in [1.165, 1.54) is 0 Å². The lowest BCUT2D eigenvalue weighted by Crippen LogP contribution is -1.93. The quantitative estimate of drug-likeness (QED) is 0.769. The van der Waals surface area contributed by atoms with E-state index in [-0.39, 0.29) is 0 Å². The molecule has 0 fully saturated rings. The third-order valence-corrected chi connectivity index (χ3v) is 3.63. The van der Waals surface area contributed by atoms with Gasteiger partial charge < -0.3 is 15.8 Å². The molecule has 0 unspecified atom stereocenters. The number of aromatic nitrogens is 2. The Kier molecular flexibility index (Phi) is 3.39. The van der Waals surface area contributed by atoms with Crippen molar-refractivity contribution < 1.29 is 4.74 Å². The molecule has 102 valence electrons. The number of hydrogen-bond donors (Lipinski definition) is 2. The zero-order valence-corrected chi connectivity index (χ0v) is 11.8. The van der Waals surface area contributed by atoms with E-state index >= 15 is 0 Å². The van der Waals surface area contributed by atoms with Gasteiger partial charge >= 0.3 is 0 Å². The Bertz CT molecular complexity index is 724. The summed E-state index contributed by atoms with van der Waals surface area (Å²) in [6, 6.07) is 9.51. The van der Waals surface area contributed by atoms with E-state index in [0.29, 0.717) is 12.3 Å². The van der Waals surface area contributed by atoms with Crippen molar-refractivity contribution in [3.8, 4) is 5.75 Å². The van der Waals surface area contributed by atoms with E-state index in [4.69, 9.17) is 10.5 Å². The second kappa shape index (κ2) is 5.34. The molecular weight excluding hydrogens is 272 g/mol. The molecule has 1 aromatic carbocycles. The maximum atomic E-state index is 5.61. The first-order valence-electron chi connectivity index (χ1n) is 6.26. The average Bonchev–Trinajstić information content (AvgIpc) is 2.83. The van der Waals surface area contributed by atoms with Gasteiger partial charge in [0.25, 0.3) is 0 Å². The van der Waals surface area contributed by atoms with Crippen molar-refractivity contribution in [2.75, 3.05) is 17.7 Å². The zero-order chi connectivity index (χ0) is 13.9. The predicted molar refractivity (Wildman–Crippen MR) is 82.7 cm³/mol. The Hall–Kier alpha value is -2.34. The zero-order valence-electron chi connectivity index (χ0n) is 11.0. The number of pyridine rings is 1. The highest BCUT2D eigenvalue weighted by molar-refractivity contribution is 7.22. The maximum Gasteiger partial charge on any atom is 0.189 e. The second-order valence-electron chi connectivity index (χ2n) is 4.18. The highest BCUT2D eigenvalue weighted by atomic mass is 32.1. The summed E-state index contributed by atoms with van der Waals surface area (Å²) in [6.45, 7) is 2.63. The highest BCUT2D eigenvalue weighted by Crippen LogP contribution is 2.30. The Balaban J connectivity index is 1.86. The van der Waals surface area contributed by atoms with Gasteiger partial charge in [0, 0.05) is 0 Å². The molecule has 6 heteroatoms. The van der Waals surface area contributed by atoms with Crippen molar-refractivity contribution >= 4 is 38.2 Å². The summed E-state index contributed by atoms with van der Waals surface area (Å²) in [5, 5.41) is 3.97. The summed E-state index contributed by atoms with van der Waals surface area (Å²) < 4.78 is 6.56. The number of hydrogen-bond acceptors (Lipinski definition) is 6. The van der Waals surface area contributed by atoms with E-state index in [9.17, 15) is 0 Å². The minimum Gasteiger partial charge on any atom is -0.494 e. The lowest BCUT2D eigenvalue weighted by molar-refractivity contribution is 0.341. The van der Waals surface area contributed by atoms with E-state index in [1.807, 2.05) is 31.2 Å². The van der Waals surface area contributed by atoms with Gasteiger partial charge in [-0.1, -0.05) is 11.3 Å². The van der Waals surface area contributed by atoms with Crippen molar-refractivity contribution in [1.29, 1.82) is 0 Å². The number of anilines is 3. The number of thiazole rings is 1. The SMILES string of the molecule is CCOc1ccc2nc(Nc3ccc(N)cn3)sc2c1. The number of rotatable bonds is 4. The Labute approximate surface area is 120 Å². The largest absolute Gasteiger partial charge is 0.494 e. The van der Waals surface area contributed by atoms with Crippen molar-refractivity contribution in [2.24, 2.45) is 0 Å². The minimum atomic E-state index is 0.640. The molecule has 0 bridgehead atoms. The topological polar surface area (TPSA) is 73.1 Å². The van der Waals surface area contributed by atoms with Crippen LogP contribution in [0, 0.1) is 0 Å². The van der Waals surface area contributed by atoms with Crippen LogP contribution in [0.4, 0.5) is 16.6 Å². The van der Waals surface area contributed by atoms with Crippen LogP contribution in [0.15, 0.2) is 36.5 Å². The fourth-order valence-electron chi connectivity index (χ4n) is 1.80. The van der Waals surface area contributed by atoms with Crippen LogP contribution in [0.5, 0.6) is 5.75 Å². The number of nitrogens with zero attached hydrogens (tertiary/aromatic N) is 2. The van der Waals surface area contributed by atoms with Gasteiger partial charge in [0.05, 0.1) is 28.7 Å². The average molecular weight is 286 g/mol. The van der Waals surface area contributed by atoms with Crippen LogP contribution in [-0.4, -0.2) is 16.6 Å². The van der Waals surface area contributed by atoms with Gasteiger partial charge in [-0.2, -0.15) is 0 Å². The lowest BCUT2D eigenvalue weighted by Gasteiger charge is -2.00. The van der Waals surface area contributed by atoms with Crippen molar-refractivity contribution in [2.45, 2.75) is 6.92 Å². The third-order valence-electron chi connectivity index (χ3n) is 2.69. The molecule has 5 nitrogen and oxygen atoms in total. The van der Waals surface area contributed by atoms with E-state index in [2.05, 4.69) is 15.3 Å². The smallest absolute Gasteiger partial charge is 0.189 e. The number of benzene rings is 1. The number of nitrogen functional groups attached to an aromatic ring is 1. The summed E-state index contributed by atoms with van der Waals surface area (Å²) in [5.41, 5.74) is 7.19. The molecule has 0 aliphatic heterocycles. The third kappa shape index (κ3) is 2.65. The summed E-state index contributed by atoms with van der Waals surface area (Å²) >= 11 is 1.56. The van der Waals surface area contributed by atoms with E-state index in [1.54, 1.807) is 23.6 Å². The normalized spacial score (nSPS) is 10.7.